The van der Waals surface area contributed by atoms with Crippen LogP contribution in [0.25, 0.3) is 0 Å². The van der Waals surface area contributed by atoms with E-state index in [4.69, 9.17) is 9.47 Å². The van der Waals surface area contributed by atoms with Gasteiger partial charge in [-0.1, -0.05) is 11.1 Å². The smallest absolute Gasteiger partial charge is 0.342 e. The SMILES string of the molecule is COc1c(C)c2c(c(O)c1CC1=C(C)CC(C(=O)O)C1)C(=O)OC2. The van der Waals surface area contributed by atoms with Crippen LogP contribution in [0.3, 0.4) is 0 Å². The van der Waals surface area contributed by atoms with Crippen molar-refractivity contribution in [1.82, 2.24) is 0 Å². The summed E-state index contributed by atoms with van der Waals surface area (Å²) in [6.45, 7) is 3.88. The second kappa shape index (κ2) is 5.85. The number of carboxylic acids is 1. The molecule has 128 valence electrons. The molecule has 24 heavy (non-hydrogen) atoms. The third kappa shape index (κ3) is 2.42. The number of cyclic esters (lactones) is 1. The van der Waals surface area contributed by atoms with Gasteiger partial charge < -0.3 is 19.7 Å². The van der Waals surface area contributed by atoms with Gasteiger partial charge in [0.2, 0.25) is 0 Å². The van der Waals surface area contributed by atoms with Crippen molar-refractivity contribution in [2.45, 2.75) is 39.7 Å². The van der Waals surface area contributed by atoms with E-state index in [1.54, 1.807) is 0 Å². The van der Waals surface area contributed by atoms with Gasteiger partial charge in [0.15, 0.2) is 0 Å². The van der Waals surface area contributed by atoms with E-state index in [2.05, 4.69) is 0 Å². The lowest BCUT2D eigenvalue weighted by Crippen LogP contribution is -2.10. The quantitative estimate of drug-likeness (QED) is 0.650. The van der Waals surface area contributed by atoms with Crippen LogP contribution in [0.4, 0.5) is 0 Å². The predicted molar refractivity (Wildman–Crippen MR) is 85.3 cm³/mol. The van der Waals surface area contributed by atoms with Crippen molar-refractivity contribution in [3.05, 3.63) is 33.4 Å². The molecule has 2 N–H and O–H groups in total. The summed E-state index contributed by atoms with van der Waals surface area (Å²) in [6.07, 6.45) is 1.33. The van der Waals surface area contributed by atoms with Gasteiger partial charge in [0, 0.05) is 17.5 Å². The fraction of sp³-hybridized carbons (Fsp3) is 0.444. The Morgan fingerprint density at radius 1 is 1.33 bits per heavy atom. The summed E-state index contributed by atoms with van der Waals surface area (Å²) in [4.78, 5) is 23.1. The molecule has 1 aliphatic carbocycles. The summed E-state index contributed by atoms with van der Waals surface area (Å²) in [5.74, 6) is -1.35. The van der Waals surface area contributed by atoms with Crippen molar-refractivity contribution in [2.24, 2.45) is 5.92 Å². The third-order valence-corrected chi connectivity index (χ3v) is 5.04. The third-order valence-electron chi connectivity index (χ3n) is 5.04. The lowest BCUT2D eigenvalue weighted by atomic mass is 9.92. The molecule has 1 heterocycles. The Labute approximate surface area is 139 Å². The number of ether oxygens (including phenoxy) is 2. The van der Waals surface area contributed by atoms with Crippen LogP contribution in [0.1, 0.15) is 46.8 Å². The Hall–Kier alpha value is -2.50. The molecule has 6 nitrogen and oxygen atoms in total. The van der Waals surface area contributed by atoms with Crippen molar-refractivity contribution in [2.75, 3.05) is 7.11 Å². The molecule has 0 bridgehead atoms. The molecule has 6 heteroatoms. The van der Waals surface area contributed by atoms with Gasteiger partial charge in [-0.25, -0.2) is 4.79 Å². The fourth-order valence-electron chi connectivity index (χ4n) is 3.67. The minimum absolute atomic E-state index is 0.117. The first-order valence-electron chi connectivity index (χ1n) is 7.83. The van der Waals surface area contributed by atoms with Crippen LogP contribution >= 0.6 is 0 Å². The van der Waals surface area contributed by atoms with Crippen LogP contribution < -0.4 is 4.74 Å². The summed E-state index contributed by atoms with van der Waals surface area (Å²) in [7, 11) is 1.52. The summed E-state index contributed by atoms with van der Waals surface area (Å²) < 4.78 is 10.5. The molecule has 1 aliphatic heterocycles. The zero-order chi connectivity index (χ0) is 17.6. The molecule has 0 radical (unpaired) electrons. The number of fused-ring (bicyclic) bond motifs is 1. The van der Waals surface area contributed by atoms with E-state index >= 15 is 0 Å². The van der Waals surface area contributed by atoms with E-state index in [9.17, 15) is 19.8 Å². The highest BCUT2D eigenvalue weighted by atomic mass is 16.5. The first-order valence-corrected chi connectivity index (χ1v) is 7.83. The topological polar surface area (TPSA) is 93.1 Å². The lowest BCUT2D eigenvalue weighted by molar-refractivity contribution is -0.141. The van der Waals surface area contributed by atoms with Gasteiger partial charge in [0.05, 0.1) is 13.0 Å². The number of methoxy groups -OCH3 is 1. The van der Waals surface area contributed by atoms with E-state index in [0.717, 1.165) is 16.7 Å². The van der Waals surface area contributed by atoms with E-state index in [-0.39, 0.29) is 17.9 Å². The number of carbonyl (C=O) groups excluding carboxylic acids is 1. The molecule has 2 aliphatic rings. The van der Waals surface area contributed by atoms with Gasteiger partial charge >= 0.3 is 11.9 Å². The number of carbonyl (C=O) groups is 2. The Balaban J connectivity index is 2.04. The second-order valence-corrected chi connectivity index (χ2v) is 6.42. The molecule has 0 saturated carbocycles. The highest BCUT2D eigenvalue weighted by Crippen LogP contribution is 2.44. The number of carboxylic acid groups (broad SMARTS) is 1. The van der Waals surface area contributed by atoms with Crippen LogP contribution in [0.15, 0.2) is 11.1 Å². The van der Waals surface area contributed by atoms with Crippen molar-refractivity contribution in [3.8, 4) is 11.5 Å². The first-order chi connectivity index (χ1) is 11.3. The van der Waals surface area contributed by atoms with Crippen molar-refractivity contribution in [1.29, 1.82) is 0 Å². The van der Waals surface area contributed by atoms with E-state index in [0.29, 0.717) is 36.1 Å². The molecule has 0 saturated heterocycles. The van der Waals surface area contributed by atoms with Crippen LogP contribution in [-0.4, -0.2) is 29.3 Å². The predicted octanol–water partition coefficient (Wildman–Crippen LogP) is 2.73. The van der Waals surface area contributed by atoms with E-state index in [1.807, 2.05) is 13.8 Å². The first kappa shape index (κ1) is 16.4. The molecule has 0 aromatic heterocycles. The largest absolute Gasteiger partial charge is 0.507 e. The van der Waals surface area contributed by atoms with Crippen molar-refractivity contribution < 1.29 is 29.3 Å². The number of hydrogen-bond acceptors (Lipinski definition) is 5. The molecule has 1 unspecified atom stereocenters. The zero-order valence-electron chi connectivity index (χ0n) is 13.9. The summed E-state index contributed by atoms with van der Waals surface area (Å²) in [5.41, 5.74) is 4.14. The van der Waals surface area contributed by atoms with Crippen LogP contribution in [-0.2, 0) is 22.6 Å². The zero-order valence-corrected chi connectivity index (χ0v) is 13.9. The summed E-state index contributed by atoms with van der Waals surface area (Å²) in [6, 6.07) is 0. The van der Waals surface area contributed by atoms with Gasteiger partial charge in [0.1, 0.15) is 23.7 Å². The highest BCUT2D eigenvalue weighted by Gasteiger charge is 2.34. The number of rotatable bonds is 4. The minimum Gasteiger partial charge on any atom is -0.507 e. The molecule has 0 amide bonds. The maximum absolute atomic E-state index is 11.9. The number of aliphatic carboxylic acids is 1. The Morgan fingerprint density at radius 3 is 2.62 bits per heavy atom. The van der Waals surface area contributed by atoms with Crippen LogP contribution in [0.2, 0.25) is 0 Å². The monoisotopic (exact) mass is 332 g/mol. The molecular formula is C18H20O6. The molecule has 0 fully saturated rings. The highest BCUT2D eigenvalue weighted by molar-refractivity contribution is 5.98. The van der Waals surface area contributed by atoms with Crippen LogP contribution in [0.5, 0.6) is 11.5 Å². The van der Waals surface area contributed by atoms with Crippen molar-refractivity contribution in [3.63, 3.8) is 0 Å². The fourth-order valence-corrected chi connectivity index (χ4v) is 3.67. The maximum atomic E-state index is 11.9. The molecule has 1 atom stereocenters. The lowest BCUT2D eigenvalue weighted by Gasteiger charge is -2.17. The number of aromatic hydroxyl groups is 1. The van der Waals surface area contributed by atoms with Gasteiger partial charge in [-0.2, -0.15) is 0 Å². The molecule has 0 spiro atoms. The van der Waals surface area contributed by atoms with E-state index in [1.165, 1.54) is 7.11 Å². The van der Waals surface area contributed by atoms with Gasteiger partial charge in [-0.3, -0.25) is 4.79 Å². The molecule has 1 aromatic rings. The second-order valence-electron chi connectivity index (χ2n) is 6.42. The number of hydrogen-bond donors (Lipinski definition) is 2. The Kier molecular flexibility index (Phi) is 3.99. The normalized spacial score (nSPS) is 19.5. The van der Waals surface area contributed by atoms with Gasteiger partial charge in [-0.05, 0) is 32.3 Å². The van der Waals surface area contributed by atoms with Gasteiger partial charge in [0.25, 0.3) is 0 Å². The molecule has 3 rings (SSSR count). The Bertz CT molecular complexity index is 774. The number of esters is 1. The number of phenols is 1. The maximum Gasteiger partial charge on any atom is 0.342 e. The minimum atomic E-state index is -0.811. The van der Waals surface area contributed by atoms with Gasteiger partial charge in [-0.15, -0.1) is 0 Å². The average molecular weight is 332 g/mol. The summed E-state index contributed by atoms with van der Waals surface area (Å²) >= 11 is 0. The average Bonchev–Trinajstić information content (AvgIpc) is 3.09. The number of phenolic OH excluding ortho intramolecular Hbond substituents is 1. The molecule has 1 aromatic carbocycles. The molecular weight excluding hydrogens is 312 g/mol. The standard InChI is InChI=1S/C18H20O6/c1-8-4-11(17(20)21)5-10(8)6-12-15(19)14-13(7-24-18(14)22)9(2)16(12)23-3/h11,19H,4-7H2,1-3H3,(H,20,21). The van der Waals surface area contributed by atoms with E-state index < -0.39 is 17.9 Å². The number of allylic oxidation sites excluding steroid dienone is 2. The van der Waals surface area contributed by atoms with Crippen LogP contribution in [0, 0.1) is 12.8 Å². The van der Waals surface area contributed by atoms with Crippen molar-refractivity contribution >= 4 is 11.9 Å². The number of benzene rings is 1. The summed E-state index contributed by atoms with van der Waals surface area (Å²) in [5, 5.41) is 19.8. The Morgan fingerprint density at radius 2 is 2.04 bits per heavy atom.